The van der Waals surface area contributed by atoms with Gasteiger partial charge in [-0.1, -0.05) is 30.3 Å². The molecule has 0 saturated heterocycles. The molecule has 60 valence electrons. The van der Waals surface area contributed by atoms with E-state index in [-0.39, 0.29) is 0 Å². The molecular weight excluding hydrogens is 154 g/mol. The molecule has 0 aliphatic heterocycles. The van der Waals surface area contributed by atoms with Gasteiger partial charge in [0.2, 0.25) is 9.92 Å². The van der Waals surface area contributed by atoms with Gasteiger partial charge in [-0.25, -0.2) is 0 Å². The standard InChI is InChI=1S/C8H13NOSi/c9-11-10-7-6-8-4-2-1-3-5-8/h1-5H,6-7,9,11H2. The van der Waals surface area contributed by atoms with Crippen LogP contribution in [-0.4, -0.2) is 16.5 Å². The van der Waals surface area contributed by atoms with Crippen LogP contribution in [0.3, 0.4) is 0 Å². The van der Waals surface area contributed by atoms with Gasteiger partial charge < -0.3 is 9.83 Å². The van der Waals surface area contributed by atoms with Crippen molar-refractivity contribution in [2.45, 2.75) is 6.42 Å². The van der Waals surface area contributed by atoms with E-state index in [1.807, 2.05) is 18.2 Å². The summed E-state index contributed by atoms with van der Waals surface area (Å²) in [7, 11) is -0.702. The molecule has 1 rings (SSSR count). The maximum atomic E-state index is 5.31. The lowest BCUT2D eigenvalue weighted by atomic mass is 10.2. The third kappa shape index (κ3) is 3.32. The van der Waals surface area contributed by atoms with Crippen molar-refractivity contribution >= 4 is 9.92 Å². The summed E-state index contributed by atoms with van der Waals surface area (Å²) < 4.78 is 5.15. The van der Waals surface area contributed by atoms with Crippen molar-refractivity contribution in [2.24, 2.45) is 5.40 Å². The molecule has 3 heteroatoms. The van der Waals surface area contributed by atoms with Crippen molar-refractivity contribution in [3.05, 3.63) is 35.9 Å². The topological polar surface area (TPSA) is 35.2 Å². The zero-order chi connectivity index (χ0) is 7.94. The predicted octanol–water partition coefficient (Wildman–Crippen LogP) is 0.203. The van der Waals surface area contributed by atoms with E-state index in [2.05, 4.69) is 12.1 Å². The Labute approximate surface area is 69.4 Å². The first-order valence-corrected chi connectivity index (χ1v) is 5.14. The van der Waals surface area contributed by atoms with Crippen LogP contribution < -0.4 is 5.40 Å². The summed E-state index contributed by atoms with van der Waals surface area (Å²) in [5.41, 5.74) is 1.31. The molecule has 0 aliphatic rings. The molecule has 0 unspecified atom stereocenters. The second-order valence-electron chi connectivity index (χ2n) is 2.31. The molecule has 0 spiro atoms. The van der Waals surface area contributed by atoms with E-state index in [0.717, 1.165) is 13.0 Å². The lowest BCUT2D eigenvalue weighted by molar-refractivity contribution is 0.341. The smallest absolute Gasteiger partial charge is 0.233 e. The molecule has 0 fully saturated rings. The lowest BCUT2D eigenvalue weighted by Gasteiger charge is -2.00. The van der Waals surface area contributed by atoms with Crippen LogP contribution in [0.5, 0.6) is 0 Å². The summed E-state index contributed by atoms with van der Waals surface area (Å²) in [6, 6.07) is 10.3. The van der Waals surface area contributed by atoms with E-state index in [1.54, 1.807) is 0 Å². The molecule has 0 aromatic heterocycles. The molecule has 2 N–H and O–H groups in total. The van der Waals surface area contributed by atoms with Crippen molar-refractivity contribution in [3.63, 3.8) is 0 Å². The van der Waals surface area contributed by atoms with Crippen molar-refractivity contribution in [1.29, 1.82) is 0 Å². The first kappa shape index (κ1) is 8.45. The zero-order valence-electron chi connectivity index (χ0n) is 6.49. The molecule has 0 saturated carbocycles. The van der Waals surface area contributed by atoms with E-state index in [1.165, 1.54) is 5.56 Å². The Morgan fingerprint density at radius 1 is 1.27 bits per heavy atom. The van der Waals surface area contributed by atoms with Crippen LogP contribution in [0, 0.1) is 0 Å². The summed E-state index contributed by atoms with van der Waals surface area (Å²) in [4.78, 5) is 0. The van der Waals surface area contributed by atoms with Gasteiger partial charge >= 0.3 is 0 Å². The average molecular weight is 167 g/mol. The molecule has 0 heterocycles. The van der Waals surface area contributed by atoms with E-state index in [4.69, 9.17) is 9.83 Å². The molecule has 0 aliphatic carbocycles. The zero-order valence-corrected chi connectivity index (χ0v) is 7.91. The fraction of sp³-hybridized carbons (Fsp3) is 0.250. The highest BCUT2D eigenvalue weighted by atomic mass is 28.2. The van der Waals surface area contributed by atoms with Gasteiger partial charge in [0.05, 0.1) is 0 Å². The van der Waals surface area contributed by atoms with Crippen LogP contribution in [0.2, 0.25) is 0 Å². The molecule has 1 aromatic carbocycles. The van der Waals surface area contributed by atoms with Gasteiger partial charge in [0.1, 0.15) is 0 Å². The van der Waals surface area contributed by atoms with Crippen LogP contribution in [-0.2, 0) is 10.8 Å². The van der Waals surface area contributed by atoms with Crippen LogP contribution in [0.4, 0.5) is 0 Å². The summed E-state index contributed by atoms with van der Waals surface area (Å²) >= 11 is 0. The first-order valence-electron chi connectivity index (χ1n) is 3.75. The fourth-order valence-electron chi connectivity index (χ4n) is 0.918. The van der Waals surface area contributed by atoms with Gasteiger partial charge in [-0.05, 0) is 12.0 Å². The molecule has 11 heavy (non-hydrogen) atoms. The minimum atomic E-state index is -0.702. The average Bonchev–Trinajstić information content (AvgIpc) is 2.07. The van der Waals surface area contributed by atoms with Crippen LogP contribution in [0.1, 0.15) is 5.56 Å². The Morgan fingerprint density at radius 3 is 2.64 bits per heavy atom. The SMILES string of the molecule is N[SiH2]OCCc1ccccc1. The van der Waals surface area contributed by atoms with E-state index in [0.29, 0.717) is 0 Å². The molecule has 0 bridgehead atoms. The maximum Gasteiger partial charge on any atom is 0.233 e. The normalized spacial score (nSPS) is 11.0. The molecule has 0 radical (unpaired) electrons. The molecular formula is C8H13NOSi. The third-order valence-electron chi connectivity index (χ3n) is 1.50. The van der Waals surface area contributed by atoms with Gasteiger partial charge in [0, 0.05) is 6.61 Å². The monoisotopic (exact) mass is 167 g/mol. The van der Waals surface area contributed by atoms with E-state index < -0.39 is 9.92 Å². The number of hydrogen-bond donors (Lipinski definition) is 1. The van der Waals surface area contributed by atoms with E-state index >= 15 is 0 Å². The van der Waals surface area contributed by atoms with Crippen molar-refractivity contribution in [3.8, 4) is 0 Å². The predicted molar refractivity (Wildman–Crippen MR) is 48.8 cm³/mol. The second-order valence-corrected chi connectivity index (χ2v) is 3.05. The summed E-state index contributed by atoms with van der Waals surface area (Å²) in [5.74, 6) is 0. The minimum Gasteiger partial charge on any atom is -0.408 e. The van der Waals surface area contributed by atoms with Crippen LogP contribution >= 0.6 is 0 Å². The van der Waals surface area contributed by atoms with Gasteiger partial charge in [-0.3, -0.25) is 0 Å². The number of rotatable bonds is 4. The number of nitrogens with two attached hydrogens (primary N) is 1. The van der Waals surface area contributed by atoms with Crippen LogP contribution in [0.25, 0.3) is 0 Å². The third-order valence-corrected chi connectivity index (χ3v) is 2.02. The Bertz CT molecular complexity index is 191. The summed E-state index contributed by atoms with van der Waals surface area (Å²) in [5, 5.41) is 5.31. The fourth-order valence-corrected chi connectivity index (χ4v) is 1.23. The number of benzene rings is 1. The molecule has 0 atom stereocenters. The highest BCUT2D eigenvalue weighted by Crippen LogP contribution is 1.98. The Kier molecular flexibility index (Phi) is 3.89. The highest BCUT2D eigenvalue weighted by molar-refractivity contribution is 6.22. The minimum absolute atomic E-state index is 0.702. The highest BCUT2D eigenvalue weighted by Gasteiger charge is 1.89. The summed E-state index contributed by atoms with van der Waals surface area (Å²) in [6.45, 7) is 0.771. The van der Waals surface area contributed by atoms with Gasteiger partial charge in [-0.15, -0.1) is 0 Å². The Morgan fingerprint density at radius 2 is 2.00 bits per heavy atom. The Balaban J connectivity index is 2.28. The Hall–Kier alpha value is -0.643. The molecule has 0 amide bonds. The second kappa shape index (κ2) is 5.07. The molecule has 2 nitrogen and oxygen atoms in total. The number of hydrogen-bond acceptors (Lipinski definition) is 2. The quantitative estimate of drug-likeness (QED) is 0.514. The van der Waals surface area contributed by atoms with Crippen LogP contribution in [0.15, 0.2) is 30.3 Å². The van der Waals surface area contributed by atoms with Gasteiger partial charge in [0.15, 0.2) is 0 Å². The van der Waals surface area contributed by atoms with Crippen molar-refractivity contribution in [2.75, 3.05) is 6.61 Å². The summed E-state index contributed by atoms with van der Waals surface area (Å²) in [6.07, 6.45) is 0.977. The molecule has 1 aromatic rings. The maximum absolute atomic E-state index is 5.31. The van der Waals surface area contributed by atoms with Gasteiger partial charge in [0.25, 0.3) is 0 Å². The first-order chi connectivity index (χ1) is 5.43. The lowest BCUT2D eigenvalue weighted by Crippen LogP contribution is -2.11. The van der Waals surface area contributed by atoms with Gasteiger partial charge in [-0.2, -0.15) is 0 Å². The van der Waals surface area contributed by atoms with Crippen molar-refractivity contribution < 1.29 is 4.43 Å². The van der Waals surface area contributed by atoms with Crippen molar-refractivity contribution in [1.82, 2.24) is 0 Å². The largest absolute Gasteiger partial charge is 0.408 e. The van der Waals surface area contributed by atoms with E-state index in [9.17, 15) is 0 Å².